The average molecular weight is 314 g/mol. The number of amides is 1. The van der Waals surface area contributed by atoms with Gasteiger partial charge in [0, 0.05) is 17.9 Å². The standard InChI is InChI=1S/C18H22N2O3/c1-4-16(18(22)23)19-17(21)15-10-12(2)20(13(15)3)11-14-8-6-5-7-9-14/h5-10,16H,4,11H2,1-3H3,(H,19,21)(H,22,23). The Balaban J connectivity index is 2.23. The normalized spacial score (nSPS) is 12.0. The van der Waals surface area contributed by atoms with Gasteiger partial charge in [0.1, 0.15) is 6.04 Å². The summed E-state index contributed by atoms with van der Waals surface area (Å²) in [5.41, 5.74) is 3.49. The molecule has 0 saturated heterocycles. The molecule has 0 aliphatic carbocycles. The van der Waals surface area contributed by atoms with E-state index >= 15 is 0 Å². The van der Waals surface area contributed by atoms with E-state index in [4.69, 9.17) is 5.11 Å². The van der Waals surface area contributed by atoms with Crippen molar-refractivity contribution in [2.45, 2.75) is 39.8 Å². The Bertz CT molecular complexity index is 705. The maximum Gasteiger partial charge on any atom is 0.326 e. The lowest BCUT2D eigenvalue weighted by Crippen LogP contribution is -2.40. The van der Waals surface area contributed by atoms with Crippen molar-refractivity contribution in [3.8, 4) is 0 Å². The van der Waals surface area contributed by atoms with Gasteiger partial charge in [-0.1, -0.05) is 37.3 Å². The zero-order valence-corrected chi connectivity index (χ0v) is 13.7. The minimum Gasteiger partial charge on any atom is -0.480 e. The minimum atomic E-state index is -1.01. The number of carboxylic acid groups (broad SMARTS) is 1. The molecule has 1 atom stereocenters. The first kappa shape index (κ1) is 16.8. The highest BCUT2D eigenvalue weighted by molar-refractivity contribution is 5.97. The molecule has 2 aromatic rings. The van der Waals surface area contributed by atoms with Crippen LogP contribution in [0.5, 0.6) is 0 Å². The number of carboxylic acids is 1. The molecule has 0 aliphatic rings. The van der Waals surface area contributed by atoms with Crippen LogP contribution in [0.3, 0.4) is 0 Å². The molecule has 1 aromatic carbocycles. The van der Waals surface area contributed by atoms with Crippen LogP contribution in [0, 0.1) is 13.8 Å². The van der Waals surface area contributed by atoms with Gasteiger partial charge in [0.25, 0.3) is 5.91 Å². The summed E-state index contributed by atoms with van der Waals surface area (Å²) in [6, 6.07) is 11.0. The summed E-state index contributed by atoms with van der Waals surface area (Å²) in [5, 5.41) is 11.6. The summed E-state index contributed by atoms with van der Waals surface area (Å²) < 4.78 is 2.06. The smallest absolute Gasteiger partial charge is 0.326 e. The van der Waals surface area contributed by atoms with E-state index in [9.17, 15) is 9.59 Å². The molecule has 1 heterocycles. The second-order valence-corrected chi connectivity index (χ2v) is 5.63. The van der Waals surface area contributed by atoms with Crippen molar-refractivity contribution >= 4 is 11.9 Å². The van der Waals surface area contributed by atoms with E-state index in [2.05, 4.69) is 9.88 Å². The first-order valence-electron chi connectivity index (χ1n) is 7.68. The minimum absolute atomic E-state index is 0.341. The molecular weight excluding hydrogens is 292 g/mol. The molecule has 1 amide bonds. The molecule has 2 rings (SSSR count). The number of benzene rings is 1. The lowest BCUT2D eigenvalue weighted by atomic mass is 10.2. The van der Waals surface area contributed by atoms with E-state index in [1.165, 1.54) is 0 Å². The van der Waals surface area contributed by atoms with Gasteiger partial charge < -0.3 is 15.0 Å². The zero-order valence-electron chi connectivity index (χ0n) is 13.7. The SMILES string of the molecule is CCC(NC(=O)c1cc(C)n(Cc2ccccc2)c1C)C(=O)O. The molecule has 122 valence electrons. The van der Waals surface area contributed by atoms with Crippen LogP contribution >= 0.6 is 0 Å². The van der Waals surface area contributed by atoms with E-state index in [0.29, 0.717) is 18.5 Å². The molecule has 0 bridgehead atoms. The number of hydrogen-bond acceptors (Lipinski definition) is 2. The number of hydrogen-bond donors (Lipinski definition) is 2. The van der Waals surface area contributed by atoms with Crippen LogP contribution in [0.4, 0.5) is 0 Å². The van der Waals surface area contributed by atoms with Crippen LogP contribution < -0.4 is 5.32 Å². The number of carbonyl (C=O) groups is 2. The highest BCUT2D eigenvalue weighted by Crippen LogP contribution is 2.17. The molecule has 0 saturated carbocycles. The summed E-state index contributed by atoms with van der Waals surface area (Å²) in [4.78, 5) is 23.4. The fourth-order valence-electron chi connectivity index (χ4n) is 2.61. The van der Waals surface area contributed by atoms with Crippen LogP contribution in [-0.4, -0.2) is 27.6 Å². The highest BCUT2D eigenvalue weighted by Gasteiger charge is 2.21. The number of aryl methyl sites for hydroxylation is 1. The number of nitrogens with zero attached hydrogens (tertiary/aromatic N) is 1. The van der Waals surface area contributed by atoms with Crippen molar-refractivity contribution in [3.05, 3.63) is 58.9 Å². The van der Waals surface area contributed by atoms with Crippen molar-refractivity contribution < 1.29 is 14.7 Å². The molecule has 5 nitrogen and oxygen atoms in total. The van der Waals surface area contributed by atoms with Crippen molar-refractivity contribution in [2.24, 2.45) is 0 Å². The zero-order chi connectivity index (χ0) is 17.0. The molecule has 23 heavy (non-hydrogen) atoms. The van der Waals surface area contributed by atoms with Gasteiger partial charge in [0.15, 0.2) is 0 Å². The molecule has 0 fully saturated rings. The van der Waals surface area contributed by atoms with Crippen molar-refractivity contribution in [1.82, 2.24) is 9.88 Å². The number of rotatable bonds is 6. The third-order valence-corrected chi connectivity index (χ3v) is 4.01. The molecule has 2 N–H and O–H groups in total. The summed E-state index contributed by atoms with van der Waals surface area (Å²) in [7, 11) is 0. The van der Waals surface area contributed by atoms with Gasteiger partial charge in [-0.3, -0.25) is 4.79 Å². The lowest BCUT2D eigenvalue weighted by Gasteiger charge is -2.13. The Morgan fingerprint density at radius 2 is 1.87 bits per heavy atom. The quantitative estimate of drug-likeness (QED) is 0.861. The monoisotopic (exact) mass is 314 g/mol. The summed E-state index contributed by atoms with van der Waals surface area (Å²) in [6.45, 7) is 6.24. The lowest BCUT2D eigenvalue weighted by molar-refractivity contribution is -0.139. The van der Waals surface area contributed by atoms with Gasteiger partial charge in [0.05, 0.1) is 5.56 Å². The molecule has 0 radical (unpaired) electrons. The fraction of sp³-hybridized carbons (Fsp3) is 0.333. The van der Waals surface area contributed by atoms with Crippen molar-refractivity contribution in [1.29, 1.82) is 0 Å². The second kappa shape index (κ2) is 7.13. The fourth-order valence-corrected chi connectivity index (χ4v) is 2.61. The van der Waals surface area contributed by atoms with Crippen LogP contribution in [0.15, 0.2) is 36.4 Å². The largest absolute Gasteiger partial charge is 0.480 e. The first-order valence-corrected chi connectivity index (χ1v) is 7.68. The van der Waals surface area contributed by atoms with Crippen LogP contribution in [0.25, 0.3) is 0 Å². The van der Waals surface area contributed by atoms with E-state index < -0.39 is 12.0 Å². The van der Waals surface area contributed by atoms with Crippen LogP contribution in [-0.2, 0) is 11.3 Å². The Morgan fingerprint density at radius 3 is 2.43 bits per heavy atom. The second-order valence-electron chi connectivity index (χ2n) is 5.63. The van der Waals surface area contributed by atoms with Gasteiger partial charge in [-0.2, -0.15) is 0 Å². The third kappa shape index (κ3) is 3.80. The molecule has 1 aromatic heterocycles. The Labute approximate surface area is 135 Å². The van der Waals surface area contributed by atoms with Crippen molar-refractivity contribution in [2.75, 3.05) is 0 Å². The highest BCUT2D eigenvalue weighted by atomic mass is 16.4. The number of aliphatic carboxylic acids is 1. The summed E-state index contributed by atoms with van der Waals surface area (Å²) >= 11 is 0. The molecule has 1 unspecified atom stereocenters. The van der Waals surface area contributed by atoms with Gasteiger partial charge in [-0.05, 0) is 31.9 Å². The van der Waals surface area contributed by atoms with E-state index in [1.54, 1.807) is 6.92 Å². The molecule has 5 heteroatoms. The van der Waals surface area contributed by atoms with Crippen LogP contribution in [0.2, 0.25) is 0 Å². The van der Waals surface area contributed by atoms with E-state index in [-0.39, 0.29) is 5.91 Å². The molecule has 0 spiro atoms. The van der Waals surface area contributed by atoms with Gasteiger partial charge in [-0.25, -0.2) is 4.79 Å². The topological polar surface area (TPSA) is 71.3 Å². The van der Waals surface area contributed by atoms with Crippen LogP contribution in [0.1, 0.15) is 40.7 Å². The maximum atomic E-state index is 12.4. The van der Waals surface area contributed by atoms with Gasteiger partial charge >= 0.3 is 5.97 Å². The van der Waals surface area contributed by atoms with E-state index in [1.807, 2.05) is 50.2 Å². The predicted molar refractivity (Wildman–Crippen MR) is 88.6 cm³/mol. The van der Waals surface area contributed by atoms with Gasteiger partial charge in [-0.15, -0.1) is 0 Å². The Kier molecular flexibility index (Phi) is 5.21. The Morgan fingerprint density at radius 1 is 1.22 bits per heavy atom. The average Bonchev–Trinajstić information content (AvgIpc) is 2.81. The number of carbonyl (C=O) groups excluding carboxylic acids is 1. The number of nitrogens with one attached hydrogen (secondary N) is 1. The first-order chi connectivity index (χ1) is 10.9. The van der Waals surface area contributed by atoms with Gasteiger partial charge in [0.2, 0.25) is 0 Å². The summed E-state index contributed by atoms with van der Waals surface area (Å²) in [6.07, 6.45) is 0.351. The van der Waals surface area contributed by atoms with Crippen molar-refractivity contribution in [3.63, 3.8) is 0 Å². The van der Waals surface area contributed by atoms with E-state index in [0.717, 1.165) is 17.0 Å². The molecular formula is C18H22N2O3. The predicted octanol–water partition coefficient (Wildman–Crippen LogP) is 2.75. The number of aromatic nitrogens is 1. The molecule has 0 aliphatic heterocycles. The maximum absolute atomic E-state index is 12.4. The Hall–Kier alpha value is -2.56. The summed E-state index contributed by atoms with van der Waals surface area (Å²) in [5.74, 6) is -1.36. The third-order valence-electron chi connectivity index (χ3n) is 4.01.